The summed E-state index contributed by atoms with van der Waals surface area (Å²) in [5.74, 6) is 1.94. The summed E-state index contributed by atoms with van der Waals surface area (Å²) in [6.07, 6.45) is 1.21. The molecule has 1 amide bonds. The molecule has 0 aliphatic carbocycles. The molecule has 1 N–H and O–H groups in total. The average molecular weight is 313 g/mol. The number of halogens is 3. The summed E-state index contributed by atoms with van der Waals surface area (Å²) in [6, 6.07) is 3.11. The molecule has 1 aromatic rings. The highest BCUT2D eigenvalue weighted by atomic mass is 35.5. The van der Waals surface area contributed by atoms with E-state index in [1.54, 1.807) is 6.07 Å². The third-order valence-electron chi connectivity index (χ3n) is 2.95. The lowest BCUT2D eigenvalue weighted by atomic mass is 10.00. The molecular weight excluding hydrogens is 302 g/mol. The molecule has 0 unspecified atom stereocenters. The number of rotatable bonds is 0. The highest BCUT2D eigenvalue weighted by Crippen LogP contribution is 2.32. The van der Waals surface area contributed by atoms with Crippen LogP contribution < -0.4 is 0 Å². The van der Waals surface area contributed by atoms with Crippen LogP contribution in [-0.2, 0) is 0 Å². The van der Waals surface area contributed by atoms with Crippen molar-refractivity contribution in [3.05, 3.63) is 40.7 Å². The second kappa shape index (κ2) is 6.10. The molecule has 1 aliphatic heterocycles. The lowest BCUT2D eigenvalue weighted by molar-refractivity contribution is -0.0138. The number of allylic oxidation sites excluding steroid dienone is 1. The van der Waals surface area contributed by atoms with E-state index in [1.807, 2.05) is 0 Å². The Kier molecular flexibility index (Phi) is 4.43. The monoisotopic (exact) mass is 312 g/mol. The predicted molar refractivity (Wildman–Crippen MR) is 73.4 cm³/mol. The number of hydrogen-bond donors (Lipinski definition) is 1. The van der Waals surface area contributed by atoms with Crippen molar-refractivity contribution in [1.29, 1.82) is 0 Å². The second-order valence-corrected chi connectivity index (χ2v) is 4.89. The van der Waals surface area contributed by atoms with Crippen LogP contribution >= 0.6 is 11.6 Å². The fraction of sp³-hybridized carbons (Fsp3) is 0.286. The Balaban J connectivity index is 2.14. The zero-order valence-corrected chi connectivity index (χ0v) is 11.6. The number of hydrogen-bond acceptors (Lipinski definition) is 2. The van der Waals surface area contributed by atoms with Gasteiger partial charge in [-0.3, -0.25) is 0 Å². The molecule has 0 bridgehead atoms. The Morgan fingerprint density at radius 2 is 2.33 bits per heavy atom. The maximum atomic E-state index is 13.8. The minimum atomic E-state index is -3.20. The van der Waals surface area contributed by atoms with Crippen LogP contribution in [0.4, 0.5) is 13.6 Å². The summed E-state index contributed by atoms with van der Waals surface area (Å²) < 4.78 is 27.6. The van der Waals surface area contributed by atoms with Crippen molar-refractivity contribution in [3.63, 3.8) is 0 Å². The van der Waals surface area contributed by atoms with E-state index in [0.717, 1.165) is 6.08 Å². The van der Waals surface area contributed by atoms with Gasteiger partial charge in [0.05, 0.1) is 6.54 Å². The molecule has 2 rings (SSSR count). The second-order valence-electron chi connectivity index (χ2n) is 4.46. The quantitative estimate of drug-likeness (QED) is 0.749. The molecule has 2 heterocycles. The molecule has 21 heavy (non-hydrogen) atoms. The van der Waals surface area contributed by atoms with E-state index in [2.05, 4.69) is 16.8 Å². The fourth-order valence-electron chi connectivity index (χ4n) is 1.87. The van der Waals surface area contributed by atoms with Gasteiger partial charge in [0.15, 0.2) is 0 Å². The molecule has 0 aromatic carbocycles. The Hall–Kier alpha value is -2.13. The normalized spacial score (nSPS) is 19.0. The number of amides is 1. The van der Waals surface area contributed by atoms with Gasteiger partial charge in [-0.25, -0.2) is 9.78 Å². The van der Waals surface area contributed by atoms with Crippen LogP contribution in [0.5, 0.6) is 0 Å². The summed E-state index contributed by atoms with van der Waals surface area (Å²) in [5.41, 5.74) is 0.208. The van der Waals surface area contributed by atoms with E-state index < -0.39 is 18.6 Å². The smallest absolute Gasteiger partial charge is 0.407 e. The van der Waals surface area contributed by atoms with Crippen molar-refractivity contribution in [3.8, 4) is 11.8 Å². The molecule has 1 saturated heterocycles. The number of likely N-dealkylation sites (tertiary alicyclic amines) is 1. The van der Waals surface area contributed by atoms with E-state index in [4.69, 9.17) is 16.7 Å². The lowest BCUT2D eigenvalue weighted by Gasteiger charge is -2.32. The van der Waals surface area contributed by atoms with Gasteiger partial charge in [-0.15, -0.1) is 0 Å². The number of nitrogens with zero attached hydrogens (tertiary/aromatic N) is 2. The third kappa shape index (κ3) is 3.92. The molecule has 1 aliphatic rings. The van der Waals surface area contributed by atoms with Gasteiger partial charge in [-0.05, 0) is 30.6 Å². The van der Waals surface area contributed by atoms with Crippen molar-refractivity contribution in [2.45, 2.75) is 12.3 Å². The molecule has 0 atom stereocenters. The van der Waals surface area contributed by atoms with Crippen molar-refractivity contribution < 1.29 is 18.7 Å². The number of alkyl halides is 2. The Morgan fingerprint density at radius 1 is 1.57 bits per heavy atom. The van der Waals surface area contributed by atoms with Gasteiger partial charge in [0.2, 0.25) is 0 Å². The first-order chi connectivity index (χ1) is 9.88. The molecule has 4 nitrogen and oxygen atoms in total. The van der Waals surface area contributed by atoms with E-state index in [9.17, 15) is 13.6 Å². The molecule has 1 fully saturated rings. The van der Waals surface area contributed by atoms with Gasteiger partial charge < -0.3 is 10.0 Å². The summed E-state index contributed by atoms with van der Waals surface area (Å²) in [7, 11) is 0. The zero-order chi connectivity index (χ0) is 15.5. The number of carboxylic acid groups (broad SMARTS) is 1. The molecule has 1 aromatic heterocycles. The molecule has 7 heteroatoms. The van der Waals surface area contributed by atoms with E-state index >= 15 is 0 Å². The fourth-order valence-corrected chi connectivity index (χ4v) is 2.03. The highest BCUT2D eigenvalue weighted by molar-refractivity contribution is 6.30. The highest BCUT2D eigenvalue weighted by Gasteiger charge is 2.41. The largest absolute Gasteiger partial charge is 0.465 e. The van der Waals surface area contributed by atoms with Gasteiger partial charge in [0.25, 0.3) is 5.92 Å². The molecule has 0 saturated carbocycles. The Bertz CT molecular complexity index is 650. The average Bonchev–Trinajstić information content (AvgIpc) is 2.40. The first-order valence-electron chi connectivity index (χ1n) is 6.07. The standard InChI is InChI=1S/C14H11ClF2N2O2/c15-11-4-6-18-12(8-11)3-1-2-10-5-7-19(13(20)21)9-14(10,16)17/h2,4,6,8H,5,7,9H2,(H,20,21)/b10-2+. The lowest BCUT2D eigenvalue weighted by Crippen LogP contribution is -2.46. The summed E-state index contributed by atoms with van der Waals surface area (Å²) in [4.78, 5) is 15.3. The maximum absolute atomic E-state index is 13.8. The zero-order valence-electron chi connectivity index (χ0n) is 10.8. The van der Waals surface area contributed by atoms with Crippen molar-refractivity contribution >= 4 is 17.7 Å². The van der Waals surface area contributed by atoms with Crippen LogP contribution in [0.1, 0.15) is 12.1 Å². The topological polar surface area (TPSA) is 53.4 Å². The predicted octanol–water partition coefficient (Wildman–Crippen LogP) is 3.03. The van der Waals surface area contributed by atoms with Crippen LogP contribution in [0.15, 0.2) is 30.0 Å². The van der Waals surface area contributed by atoms with E-state index in [-0.39, 0.29) is 18.5 Å². The number of piperidine rings is 1. The number of aromatic nitrogens is 1. The first kappa shape index (κ1) is 15.3. The Morgan fingerprint density at radius 3 is 2.95 bits per heavy atom. The van der Waals surface area contributed by atoms with Gasteiger partial charge in [0.1, 0.15) is 5.69 Å². The van der Waals surface area contributed by atoms with Gasteiger partial charge >= 0.3 is 6.09 Å². The van der Waals surface area contributed by atoms with Gasteiger partial charge in [0, 0.05) is 23.3 Å². The summed E-state index contributed by atoms with van der Waals surface area (Å²) >= 11 is 5.76. The number of carbonyl (C=O) groups is 1. The molecule has 0 spiro atoms. The van der Waals surface area contributed by atoms with Crippen LogP contribution in [0.2, 0.25) is 5.02 Å². The molecule has 0 radical (unpaired) electrons. The van der Waals surface area contributed by atoms with Crippen molar-refractivity contribution in [2.24, 2.45) is 0 Å². The molecule has 110 valence electrons. The van der Waals surface area contributed by atoms with Crippen LogP contribution in [0.25, 0.3) is 0 Å². The summed E-state index contributed by atoms with van der Waals surface area (Å²) in [6.45, 7) is -0.806. The van der Waals surface area contributed by atoms with Crippen molar-refractivity contribution in [2.75, 3.05) is 13.1 Å². The third-order valence-corrected chi connectivity index (χ3v) is 3.18. The SMILES string of the molecule is O=C(O)N1CC/C(=C\C#Cc2cc(Cl)ccn2)C(F)(F)C1. The first-order valence-corrected chi connectivity index (χ1v) is 6.44. The van der Waals surface area contributed by atoms with Crippen LogP contribution in [-0.4, -0.2) is 40.1 Å². The van der Waals surface area contributed by atoms with Crippen LogP contribution in [0, 0.1) is 11.8 Å². The minimum absolute atomic E-state index is 0.0356. The van der Waals surface area contributed by atoms with E-state index in [1.165, 1.54) is 12.3 Å². The van der Waals surface area contributed by atoms with E-state index in [0.29, 0.717) is 15.6 Å². The maximum Gasteiger partial charge on any atom is 0.407 e. The van der Waals surface area contributed by atoms with Gasteiger partial charge in [-0.1, -0.05) is 17.5 Å². The van der Waals surface area contributed by atoms with Gasteiger partial charge in [-0.2, -0.15) is 8.78 Å². The van der Waals surface area contributed by atoms with Crippen molar-refractivity contribution in [1.82, 2.24) is 9.88 Å². The summed E-state index contributed by atoms with van der Waals surface area (Å²) in [5, 5.41) is 9.19. The minimum Gasteiger partial charge on any atom is -0.465 e. The number of pyridine rings is 1. The molecular formula is C14H11ClF2N2O2. The Labute approximate surface area is 125 Å². The van der Waals surface area contributed by atoms with Crippen LogP contribution in [0.3, 0.4) is 0 Å².